The van der Waals surface area contributed by atoms with Crippen LogP contribution in [0.1, 0.15) is 36.1 Å². The van der Waals surface area contributed by atoms with Crippen molar-refractivity contribution in [1.29, 1.82) is 0 Å². The first-order valence-electron chi connectivity index (χ1n) is 13.7. The molecule has 42 heavy (non-hydrogen) atoms. The number of esters is 1. The lowest BCUT2D eigenvalue weighted by Gasteiger charge is -2.20. The molecular weight excluding hydrogens is 598 g/mol. The Morgan fingerprint density at radius 1 is 0.952 bits per heavy atom. The summed E-state index contributed by atoms with van der Waals surface area (Å²) in [5.74, 6) is 0.726. The van der Waals surface area contributed by atoms with Gasteiger partial charge in [0.25, 0.3) is 0 Å². The van der Waals surface area contributed by atoms with Gasteiger partial charge in [-0.2, -0.15) is 4.91 Å². The Morgan fingerprint density at radius 2 is 1.74 bits per heavy atom. The zero-order valence-electron chi connectivity index (χ0n) is 23.9. The van der Waals surface area contributed by atoms with Crippen LogP contribution in [-0.2, 0) is 29.3 Å². The van der Waals surface area contributed by atoms with Gasteiger partial charge in [-0.15, -0.1) is 0 Å². The molecular formula is C33H34BrN3O5. The van der Waals surface area contributed by atoms with Gasteiger partial charge in [-0.05, 0) is 65.5 Å². The topological polar surface area (TPSA) is 99.1 Å². The lowest BCUT2D eigenvalue weighted by Crippen LogP contribution is -2.41. The van der Waals surface area contributed by atoms with Gasteiger partial charge in [0.1, 0.15) is 37.3 Å². The van der Waals surface area contributed by atoms with E-state index in [2.05, 4.69) is 49.6 Å². The number of ether oxygens (including phenoxy) is 3. The minimum atomic E-state index is -0.874. The monoisotopic (exact) mass is 631 g/mol. The summed E-state index contributed by atoms with van der Waals surface area (Å²) in [6.07, 6.45) is 3.15. The van der Waals surface area contributed by atoms with E-state index in [-0.39, 0.29) is 19.2 Å². The molecule has 1 N–H and O–H groups in total. The number of nitrogens with zero attached hydrogens (tertiary/aromatic N) is 2. The average Bonchev–Trinajstić information content (AvgIpc) is 2.99. The second-order valence-electron chi connectivity index (χ2n) is 10.0. The molecule has 0 amide bonds. The van der Waals surface area contributed by atoms with Crippen molar-refractivity contribution in [2.24, 2.45) is 5.18 Å². The third-order valence-electron chi connectivity index (χ3n) is 6.45. The number of hydrogen-bond donors (Lipinski definition) is 1. The molecule has 3 aromatic carbocycles. The highest BCUT2D eigenvalue weighted by Crippen LogP contribution is 2.34. The van der Waals surface area contributed by atoms with E-state index in [4.69, 9.17) is 14.2 Å². The summed E-state index contributed by atoms with van der Waals surface area (Å²) in [5.41, 5.74) is 5.81. The lowest BCUT2D eigenvalue weighted by molar-refractivity contribution is -0.149. The molecule has 0 spiro atoms. The number of rotatable bonds is 14. The minimum absolute atomic E-state index is 0.242. The highest BCUT2D eigenvalue weighted by atomic mass is 79.9. The third-order valence-corrected chi connectivity index (χ3v) is 7.39. The standard InChI is InChI=1S/C33H34BrN3O5/c1-22(2)42-33(38)29(19-37-39)36-18-27-15-23(3)30(16-31(27)40-20-24-9-8-14-35-17-24)41-21-26-12-7-13-28(32(26)34)25-10-5-4-6-11-25/h4-17,22,29,36H,18-21H2,1-3H3. The number of benzene rings is 3. The molecule has 0 radical (unpaired) electrons. The molecule has 0 fully saturated rings. The number of carbonyl (C=O) groups excluding carboxylic acids is 1. The van der Waals surface area contributed by atoms with E-state index in [1.165, 1.54) is 0 Å². The first-order valence-corrected chi connectivity index (χ1v) is 14.5. The molecule has 1 heterocycles. The summed E-state index contributed by atoms with van der Waals surface area (Å²) in [4.78, 5) is 27.7. The van der Waals surface area contributed by atoms with Gasteiger partial charge < -0.3 is 14.2 Å². The van der Waals surface area contributed by atoms with Crippen molar-refractivity contribution in [3.8, 4) is 22.6 Å². The van der Waals surface area contributed by atoms with Crippen LogP contribution in [0.15, 0.2) is 94.8 Å². The van der Waals surface area contributed by atoms with Crippen molar-refractivity contribution in [3.05, 3.63) is 117 Å². The number of carbonyl (C=O) groups is 1. The number of aryl methyl sites for hydroxylation is 1. The number of halogens is 1. The van der Waals surface area contributed by atoms with Crippen molar-refractivity contribution < 1.29 is 19.0 Å². The highest BCUT2D eigenvalue weighted by molar-refractivity contribution is 9.10. The van der Waals surface area contributed by atoms with Gasteiger partial charge in [0.2, 0.25) is 0 Å². The normalized spacial score (nSPS) is 11.6. The van der Waals surface area contributed by atoms with Crippen LogP contribution in [0.25, 0.3) is 11.1 Å². The van der Waals surface area contributed by atoms with Crippen LogP contribution in [0.2, 0.25) is 0 Å². The van der Waals surface area contributed by atoms with E-state index in [1.54, 1.807) is 26.2 Å². The molecule has 4 rings (SSSR count). The molecule has 0 aliphatic carbocycles. The highest BCUT2D eigenvalue weighted by Gasteiger charge is 2.22. The SMILES string of the molecule is Cc1cc(CNC(CN=O)C(=O)OC(C)C)c(OCc2cccnc2)cc1OCc1cccc(-c2ccccc2)c1Br. The van der Waals surface area contributed by atoms with E-state index < -0.39 is 12.0 Å². The first-order chi connectivity index (χ1) is 20.4. The van der Waals surface area contributed by atoms with Gasteiger partial charge in [-0.3, -0.25) is 15.1 Å². The summed E-state index contributed by atoms with van der Waals surface area (Å²) in [6, 6.07) is 23.0. The summed E-state index contributed by atoms with van der Waals surface area (Å²) < 4.78 is 18.8. The molecule has 218 valence electrons. The van der Waals surface area contributed by atoms with Gasteiger partial charge in [0.15, 0.2) is 0 Å². The maximum Gasteiger partial charge on any atom is 0.325 e. The van der Waals surface area contributed by atoms with Gasteiger partial charge in [-0.25, -0.2) is 0 Å². The number of nitrogens with one attached hydrogen (secondary N) is 1. The van der Waals surface area contributed by atoms with E-state index in [1.807, 2.05) is 61.5 Å². The molecule has 0 aliphatic heterocycles. The zero-order chi connectivity index (χ0) is 29.9. The Balaban J connectivity index is 1.56. The van der Waals surface area contributed by atoms with Crippen molar-refractivity contribution >= 4 is 21.9 Å². The van der Waals surface area contributed by atoms with Crippen LogP contribution >= 0.6 is 15.9 Å². The number of hydrogen-bond acceptors (Lipinski definition) is 8. The quantitative estimate of drug-likeness (QED) is 0.116. The van der Waals surface area contributed by atoms with E-state index in [9.17, 15) is 9.70 Å². The molecule has 0 saturated carbocycles. The summed E-state index contributed by atoms with van der Waals surface area (Å²) in [5, 5.41) is 6.02. The van der Waals surface area contributed by atoms with Crippen molar-refractivity contribution in [1.82, 2.24) is 10.3 Å². The van der Waals surface area contributed by atoms with E-state index in [0.717, 1.165) is 37.9 Å². The third kappa shape index (κ3) is 8.47. The van der Waals surface area contributed by atoms with Crippen LogP contribution in [-0.4, -0.2) is 29.6 Å². The molecule has 8 nitrogen and oxygen atoms in total. The van der Waals surface area contributed by atoms with Gasteiger partial charge in [-0.1, -0.05) is 59.8 Å². The molecule has 9 heteroatoms. The minimum Gasteiger partial charge on any atom is -0.488 e. The molecule has 0 aliphatic rings. The van der Waals surface area contributed by atoms with Crippen molar-refractivity contribution in [3.63, 3.8) is 0 Å². The Kier molecular flexibility index (Phi) is 11.2. The summed E-state index contributed by atoms with van der Waals surface area (Å²) >= 11 is 3.77. The number of nitroso groups, excluding NO2 is 1. The van der Waals surface area contributed by atoms with E-state index >= 15 is 0 Å². The van der Waals surface area contributed by atoms with Crippen LogP contribution in [0, 0.1) is 11.8 Å². The number of aromatic nitrogens is 1. The van der Waals surface area contributed by atoms with Gasteiger partial charge >= 0.3 is 5.97 Å². The smallest absolute Gasteiger partial charge is 0.325 e. The first kappa shape index (κ1) is 30.9. The maximum absolute atomic E-state index is 12.5. The molecule has 0 saturated heterocycles. The fraction of sp³-hybridized carbons (Fsp3) is 0.273. The van der Waals surface area contributed by atoms with Crippen molar-refractivity contribution in [2.45, 2.75) is 52.7 Å². The van der Waals surface area contributed by atoms with Crippen LogP contribution in [0.5, 0.6) is 11.5 Å². The molecule has 1 atom stereocenters. The molecule has 4 aromatic rings. The van der Waals surface area contributed by atoms with Crippen molar-refractivity contribution in [2.75, 3.05) is 6.54 Å². The summed E-state index contributed by atoms with van der Waals surface area (Å²) in [7, 11) is 0. The van der Waals surface area contributed by atoms with Gasteiger partial charge in [0.05, 0.1) is 6.10 Å². The fourth-order valence-corrected chi connectivity index (χ4v) is 4.94. The second kappa shape index (κ2) is 15.2. The molecule has 1 unspecified atom stereocenters. The Hall–Kier alpha value is -4.08. The zero-order valence-corrected chi connectivity index (χ0v) is 25.5. The molecule has 1 aromatic heterocycles. The van der Waals surface area contributed by atoms with Crippen LogP contribution < -0.4 is 14.8 Å². The van der Waals surface area contributed by atoms with Crippen LogP contribution in [0.4, 0.5) is 0 Å². The average molecular weight is 633 g/mol. The maximum atomic E-state index is 12.5. The lowest BCUT2D eigenvalue weighted by atomic mass is 10.0. The Labute approximate surface area is 254 Å². The number of pyridine rings is 1. The summed E-state index contributed by atoms with van der Waals surface area (Å²) in [6.45, 7) is 6.11. The Bertz CT molecular complexity index is 1480. The Morgan fingerprint density at radius 3 is 2.45 bits per heavy atom. The predicted octanol–water partition coefficient (Wildman–Crippen LogP) is 7.15. The predicted molar refractivity (Wildman–Crippen MR) is 166 cm³/mol. The largest absolute Gasteiger partial charge is 0.488 e. The fourth-order valence-electron chi connectivity index (χ4n) is 4.33. The van der Waals surface area contributed by atoms with Gasteiger partial charge in [0, 0.05) is 46.2 Å². The second-order valence-corrected chi connectivity index (χ2v) is 10.8. The molecule has 0 bridgehead atoms. The van der Waals surface area contributed by atoms with E-state index in [0.29, 0.717) is 24.7 Å². The van der Waals surface area contributed by atoms with Crippen LogP contribution in [0.3, 0.4) is 0 Å².